The van der Waals surface area contributed by atoms with Crippen molar-refractivity contribution < 1.29 is 8.85 Å². The highest BCUT2D eigenvalue weighted by atomic mass is 127. The molecule has 0 radical (unpaired) electrons. The predicted octanol–water partition coefficient (Wildman–Crippen LogP) is 3.03. The standard InChI is InChI=1S/C9H19IO2Si/c1-11-13(8-10,12-2)9-6-4-3-5-7-9/h9H,3-8H2,1-2H3. The summed E-state index contributed by atoms with van der Waals surface area (Å²) in [5, 5.41) is 0. The fourth-order valence-electron chi connectivity index (χ4n) is 2.18. The average molecular weight is 314 g/mol. The zero-order valence-electron chi connectivity index (χ0n) is 8.51. The van der Waals surface area contributed by atoms with Crippen LogP contribution in [0, 0.1) is 0 Å². The van der Waals surface area contributed by atoms with Crippen LogP contribution in [0.25, 0.3) is 0 Å². The molecule has 0 heterocycles. The number of rotatable bonds is 4. The zero-order valence-corrected chi connectivity index (χ0v) is 11.7. The van der Waals surface area contributed by atoms with E-state index in [9.17, 15) is 0 Å². The van der Waals surface area contributed by atoms with Gasteiger partial charge in [-0.2, -0.15) is 0 Å². The van der Waals surface area contributed by atoms with Crippen LogP contribution in [0.5, 0.6) is 0 Å². The molecular formula is C9H19IO2Si. The van der Waals surface area contributed by atoms with Crippen molar-refractivity contribution in [2.24, 2.45) is 0 Å². The first-order valence-electron chi connectivity index (χ1n) is 4.95. The fourth-order valence-corrected chi connectivity index (χ4v) is 8.47. The van der Waals surface area contributed by atoms with Crippen molar-refractivity contribution >= 4 is 31.2 Å². The second-order valence-electron chi connectivity index (χ2n) is 3.69. The normalized spacial score (nSPS) is 20.5. The first-order valence-corrected chi connectivity index (χ1v) is 8.58. The predicted molar refractivity (Wildman–Crippen MR) is 65.5 cm³/mol. The zero-order chi connectivity index (χ0) is 9.73. The van der Waals surface area contributed by atoms with E-state index in [1.807, 2.05) is 14.2 Å². The van der Waals surface area contributed by atoms with Gasteiger partial charge >= 0.3 is 8.56 Å². The van der Waals surface area contributed by atoms with E-state index < -0.39 is 8.56 Å². The topological polar surface area (TPSA) is 18.5 Å². The molecule has 0 N–H and O–H groups in total. The lowest BCUT2D eigenvalue weighted by Gasteiger charge is -2.35. The SMILES string of the molecule is CO[Si](CI)(OC)C1CCCCC1. The van der Waals surface area contributed by atoms with Crippen LogP contribution in [-0.2, 0) is 8.85 Å². The van der Waals surface area contributed by atoms with Crippen molar-refractivity contribution in [1.29, 1.82) is 0 Å². The van der Waals surface area contributed by atoms with E-state index in [0.717, 1.165) is 9.59 Å². The van der Waals surface area contributed by atoms with Crippen LogP contribution < -0.4 is 0 Å². The Kier molecular flexibility index (Phi) is 5.21. The minimum Gasteiger partial charge on any atom is -0.397 e. The molecule has 0 atom stereocenters. The number of halogens is 1. The van der Waals surface area contributed by atoms with Crippen molar-refractivity contribution in [2.45, 2.75) is 37.6 Å². The Morgan fingerprint density at radius 1 is 1.15 bits per heavy atom. The van der Waals surface area contributed by atoms with Gasteiger partial charge in [0.15, 0.2) is 0 Å². The van der Waals surface area contributed by atoms with Crippen LogP contribution >= 0.6 is 22.6 Å². The monoisotopic (exact) mass is 314 g/mol. The first-order chi connectivity index (χ1) is 6.29. The van der Waals surface area contributed by atoms with Crippen LogP contribution in [0.4, 0.5) is 0 Å². The summed E-state index contributed by atoms with van der Waals surface area (Å²) in [6, 6.07) is 0. The van der Waals surface area contributed by atoms with E-state index in [1.165, 1.54) is 32.1 Å². The van der Waals surface area contributed by atoms with Gasteiger partial charge in [0, 0.05) is 23.8 Å². The van der Waals surface area contributed by atoms with E-state index in [4.69, 9.17) is 8.85 Å². The fraction of sp³-hybridized carbons (Fsp3) is 1.00. The molecule has 1 fully saturated rings. The van der Waals surface area contributed by atoms with Gasteiger partial charge in [0.2, 0.25) is 0 Å². The molecule has 0 aromatic rings. The first kappa shape index (κ1) is 11.9. The summed E-state index contributed by atoms with van der Waals surface area (Å²) < 4.78 is 12.4. The Balaban J connectivity index is 2.60. The summed E-state index contributed by atoms with van der Waals surface area (Å²) >= 11 is 2.42. The van der Waals surface area contributed by atoms with E-state index in [2.05, 4.69) is 22.6 Å². The van der Waals surface area contributed by atoms with Gasteiger partial charge in [0.25, 0.3) is 0 Å². The summed E-state index contributed by atoms with van der Waals surface area (Å²) in [5.74, 6) is 0. The summed E-state index contributed by atoms with van der Waals surface area (Å²) in [4.78, 5) is 0. The van der Waals surface area contributed by atoms with Gasteiger partial charge in [-0.3, -0.25) is 0 Å². The summed E-state index contributed by atoms with van der Waals surface area (Å²) in [6.45, 7) is 0. The lowest BCUT2D eigenvalue weighted by Crippen LogP contribution is -2.48. The van der Waals surface area contributed by atoms with Crippen molar-refractivity contribution in [3.63, 3.8) is 0 Å². The summed E-state index contributed by atoms with van der Waals surface area (Å²) in [6.07, 6.45) is 6.76. The van der Waals surface area contributed by atoms with Crippen molar-refractivity contribution in [1.82, 2.24) is 0 Å². The van der Waals surface area contributed by atoms with Gasteiger partial charge in [0.1, 0.15) is 0 Å². The maximum atomic E-state index is 5.68. The highest BCUT2D eigenvalue weighted by Gasteiger charge is 2.43. The Morgan fingerprint density at radius 2 is 1.69 bits per heavy atom. The highest BCUT2D eigenvalue weighted by molar-refractivity contribution is 14.1. The van der Waals surface area contributed by atoms with E-state index in [1.54, 1.807) is 0 Å². The van der Waals surface area contributed by atoms with Gasteiger partial charge < -0.3 is 8.85 Å². The van der Waals surface area contributed by atoms with E-state index >= 15 is 0 Å². The minimum absolute atomic E-state index is 0.730. The molecule has 0 amide bonds. The molecule has 0 saturated heterocycles. The molecular weight excluding hydrogens is 295 g/mol. The second-order valence-corrected chi connectivity index (χ2v) is 9.50. The Hall–Kier alpha value is 0.867. The molecule has 13 heavy (non-hydrogen) atoms. The molecule has 1 saturated carbocycles. The Labute approximate surface area is 95.8 Å². The maximum Gasteiger partial charge on any atom is 0.350 e. The smallest absolute Gasteiger partial charge is 0.350 e. The molecule has 0 aliphatic heterocycles. The average Bonchev–Trinajstić information content (AvgIpc) is 2.23. The van der Waals surface area contributed by atoms with Gasteiger partial charge in [-0.05, 0) is 12.8 Å². The number of hydrogen-bond donors (Lipinski definition) is 0. The van der Waals surface area contributed by atoms with Crippen LogP contribution in [0.15, 0.2) is 0 Å². The lowest BCUT2D eigenvalue weighted by molar-refractivity contribution is 0.224. The molecule has 1 aliphatic rings. The van der Waals surface area contributed by atoms with Gasteiger partial charge in [0.05, 0.1) is 0 Å². The number of hydrogen-bond acceptors (Lipinski definition) is 2. The Bertz CT molecular complexity index is 136. The van der Waals surface area contributed by atoms with Crippen LogP contribution in [-0.4, -0.2) is 26.8 Å². The molecule has 4 heteroatoms. The molecule has 0 aromatic carbocycles. The second kappa shape index (κ2) is 5.68. The van der Waals surface area contributed by atoms with Gasteiger partial charge in [-0.25, -0.2) is 0 Å². The largest absolute Gasteiger partial charge is 0.397 e. The molecule has 78 valence electrons. The third kappa shape index (κ3) is 2.67. The quantitative estimate of drug-likeness (QED) is 0.451. The third-order valence-corrected chi connectivity index (χ3v) is 9.87. The van der Waals surface area contributed by atoms with Crippen LogP contribution in [0.3, 0.4) is 0 Å². The summed E-state index contributed by atoms with van der Waals surface area (Å²) in [5.41, 5.74) is 0.730. The third-order valence-electron chi connectivity index (χ3n) is 3.10. The van der Waals surface area contributed by atoms with Gasteiger partial charge in [-0.15, -0.1) is 0 Å². The number of alkyl halides is 1. The van der Waals surface area contributed by atoms with E-state index in [0.29, 0.717) is 0 Å². The molecule has 1 rings (SSSR count). The Morgan fingerprint density at radius 3 is 2.08 bits per heavy atom. The molecule has 2 nitrogen and oxygen atoms in total. The van der Waals surface area contributed by atoms with Crippen molar-refractivity contribution in [3.05, 3.63) is 0 Å². The molecule has 0 spiro atoms. The highest BCUT2D eigenvalue weighted by Crippen LogP contribution is 2.38. The lowest BCUT2D eigenvalue weighted by atomic mass is 10.0. The van der Waals surface area contributed by atoms with Crippen molar-refractivity contribution in [3.8, 4) is 0 Å². The maximum absolute atomic E-state index is 5.68. The van der Waals surface area contributed by atoms with Crippen molar-refractivity contribution in [2.75, 3.05) is 18.3 Å². The van der Waals surface area contributed by atoms with Gasteiger partial charge in [-0.1, -0.05) is 41.9 Å². The summed E-state index contributed by atoms with van der Waals surface area (Å²) in [7, 11) is 1.81. The molecule has 0 unspecified atom stereocenters. The molecule has 0 bridgehead atoms. The van der Waals surface area contributed by atoms with Crippen LogP contribution in [0.2, 0.25) is 5.54 Å². The molecule has 1 aliphatic carbocycles. The molecule has 0 aromatic heterocycles. The van der Waals surface area contributed by atoms with E-state index in [-0.39, 0.29) is 0 Å². The van der Waals surface area contributed by atoms with Crippen LogP contribution in [0.1, 0.15) is 32.1 Å². The minimum atomic E-state index is -1.83.